The van der Waals surface area contributed by atoms with Gasteiger partial charge in [0, 0.05) is 26.6 Å². The van der Waals surface area contributed by atoms with Crippen molar-refractivity contribution in [2.24, 2.45) is 0 Å². The second-order valence-corrected chi connectivity index (χ2v) is 4.67. The fourth-order valence-electron chi connectivity index (χ4n) is 1.83. The molecule has 0 unspecified atom stereocenters. The summed E-state index contributed by atoms with van der Waals surface area (Å²) < 4.78 is 16.3. The third kappa shape index (κ3) is 6.17. The summed E-state index contributed by atoms with van der Waals surface area (Å²) in [5.41, 5.74) is 1.10. The maximum atomic E-state index is 11.4. The molecule has 0 amide bonds. The SMILES string of the molecule is CCC(=O)O[C@@H](C)[C@@H](CCOC)OCc1ccccc1. The van der Waals surface area contributed by atoms with Gasteiger partial charge in [0.2, 0.25) is 0 Å². The Morgan fingerprint density at radius 1 is 1.25 bits per heavy atom. The Kier molecular flexibility index (Phi) is 7.92. The first-order chi connectivity index (χ1) is 9.67. The molecule has 1 aromatic rings. The average molecular weight is 280 g/mol. The zero-order chi connectivity index (χ0) is 14.8. The summed E-state index contributed by atoms with van der Waals surface area (Å²) >= 11 is 0. The van der Waals surface area contributed by atoms with Crippen LogP contribution in [-0.2, 0) is 25.6 Å². The highest BCUT2D eigenvalue weighted by molar-refractivity contribution is 5.69. The van der Waals surface area contributed by atoms with Gasteiger partial charge in [-0.15, -0.1) is 0 Å². The number of esters is 1. The van der Waals surface area contributed by atoms with Crippen LogP contribution in [0.15, 0.2) is 30.3 Å². The lowest BCUT2D eigenvalue weighted by molar-refractivity contribution is -0.157. The summed E-state index contributed by atoms with van der Waals surface area (Å²) in [6, 6.07) is 9.94. The lowest BCUT2D eigenvalue weighted by atomic mass is 10.1. The second-order valence-electron chi connectivity index (χ2n) is 4.67. The van der Waals surface area contributed by atoms with Crippen molar-refractivity contribution in [2.45, 2.75) is 45.5 Å². The first kappa shape index (κ1) is 16.7. The first-order valence-corrected chi connectivity index (χ1v) is 7.01. The number of carbonyl (C=O) groups excluding carboxylic acids is 1. The number of rotatable bonds is 9. The number of hydrogen-bond acceptors (Lipinski definition) is 4. The van der Waals surface area contributed by atoms with E-state index < -0.39 is 0 Å². The van der Waals surface area contributed by atoms with Gasteiger partial charge in [-0.1, -0.05) is 37.3 Å². The molecule has 1 rings (SSSR count). The van der Waals surface area contributed by atoms with Crippen molar-refractivity contribution in [1.29, 1.82) is 0 Å². The molecule has 112 valence electrons. The fraction of sp³-hybridized carbons (Fsp3) is 0.562. The van der Waals surface area contributed by atoms with Crippen LogP contribution in [0.1, 0.15) is 32.3 Å². The lowest BCUT2D eigenvalue weighted by Gasteiger charge is -2.24. The zero-order valence-electron chi connectivity index (χ0n) is 12.5. The molecule has 0 heterocycles. The lowest BCUT2D eigenvalue weighted by Crippen LogP contribution is -2.32. The molecule has 0 saturated carbocycles. The normalized spacial score (nSPS) is 13.8. The highest BCUT2D eigenvalue weighted by Crippen LogP contribution is 2.13. The predicted molar refractivity (Wildman–Crippen MR) is 77.4 cm³/mol. The summed E-state index contributed by atoms with van der Waals surface area (Å²) in [5, 5.41) is 0. The number of ether oxygens (including phenoxy) is 3. The zero-order valence-corrected chi connectivity index (χ0v) is 12.5. The van der Waals surface area contributed by atoms with Crippen LogP contribution in [0.25, 0.3) is 0 Å². The minimum absolute atomic E-state index is 0.161. The van der Waals surface area contributed by atoms with Gasteiger partial charge in [-0.25, -0.2) is 0 Å². The van der Waals surface area contributed by atoms with E-state index in [4.69, 9.17) is 14.2 Å². The molecule has 4 heteroatoms. The minimum Gasteiger partial charge on any atom is -0.460 e. The van der Waals surface area contributed by atoms with Gasteiger partial charge in [-0.05, 0) is 12.5 Å². The number of carbonyl (C=O) groups is 1. The van der Waals surface area contributed by atoms with Crippen molar-refractivity contribution in [3.05, 3.63) is 35.9 Å². The van der Waals surface area contributed by atoms with E-state index in [1.54, 1.807) is 14.0 Å². The molecule has 2 atom stereocenters. The summed E-state index contributed by atoms with van der Waals surface area (Å²) in [6.45, 7) is 4.72. The third-order valence-electron chi connectivity index (χ3n) is 3.04. The van der Waals surface area contributed by atoms with Crippen molar-refractivity contribution in [3.63, 3.8) is 0 Å². The van der Waals surface area contributed by atoms with Crippen LogP contribution in [0.3, 0.4) is 0 Å². The number of benzene rings is 1. The van der Waals surface area contributed by atoms with E-state index in [1.165, 1.54) is 0 Å². The van der Waals surface area contributed by atoms with E-state index in [0.717, 1.165) is 5.56 Å². The smallest absolute Gasteiger partial charge is 0.305 e. The van der Waals surface area contributed by atoms with Crippen molar-refractivity contribution in [1.82, 2.24) is 0 Å². The Morgan fingerprint density at radius 3 is 2.55 bits per heavy atom. The quantitative estimate of drug-likeness (QED) is 0.652. The molecule has 0 spiro atoms. The Balaban J connectivity index is 2.52. The van der Waals surface area contributed by atoms with Gasteiger partial charge in [-0.2, -0.15) is 0 Å². The van der Waals surface area contributed by atoms with Crippen LogP contribution in [0.5, 0.6) is 0 Å². The van der Waals surface area contributed by atoms with Crippen molar-refractivity contribution < 1.29 is 19.0 Å². The number of methoxy groups -OCH3 is 1. The van der Waals surface area contributed by atoms with E-state index in [0.29, 0.717) is 26.1 Å². The fourth-order valence-corrected chi connectivity index (χ4v) is 1.83. The molecule has 0 N–H and O–H groups in total. The Labute approximate surface area is 121 Å². The highest BCUT2D eigenvalue weighted by Gasteiger charge is 2.21. The van der Waals surface area contributed by atoms with Gasteiger partial charge in [-0.3, -0.25) is 4.79 Å². The van der Waals surface area contributed by atoms with Crippen LogP contribution in [0.4, 0.5) is 0 Å². The Hall–Kier alpha value is -1.39. The molecule has 0 aliphatic rings. The summed E-state index contributed by atoms with van der Waals surface area (Å²) in [4.78, 5) is 11.4. The van der Waals surface area contributed by atoms with Crippen LogP contribution < -0.4 is 0 Å². The molecular weight excluding hydrogens is 256 g/mol. The molecule has 0 aliphatic heterocycles. The maximum Gasteiger partial charge on any atom is 0.305 e. The van der Waals surface area contributed by atoms with E-state index in [1.807, 2.05) is 37.3 Å². The number of hydrogen-bond donors (Lipinski definition) is 0. The van der Waals surface area contributed by atoms with Crippen LogP contribution in [-0.4, -0.2) is 31.9 Å². The average Bonchev–Trinajstić information content (AvgIpc) is 2.48. The Morgan fingerprint density at radius 2 is 1.95 bits per heavy atom. The summed E-state index contributed by atoms with van der Waals surface area (Å²) in [7, 11) is 1.65. The van der Waals surface area contributed by atoms with Gasteiger partial charge >= 0.3 is 5.97 Å². The van der Waals surface area contributed by atoms with Crippen LogP contribution in [0, 0.1) is 0 Å². The molecule has 0 bridgehead atoms. The van der Waals surface area contributed by atoms with Gasteiger partial charge < -0.3 is 14.2 Å². The molecule has 0 saturated heterocycles. The molecule has 1 aromatic carbocycles. The van der Waals surface area contributed by atoms with E-state index in [2.05, 4.69) is 0 Å². The first-order valence-electron chi connectivity index (χ1n) is 7.01. The summed E-state index contributed by atoms with van der Waals surface area (Å²) in [5.74, 6) is -0.205. The van der Waals surface area contributed by atoms with E-state index in [-0.39, 0.29) is 18.2 Å². The van der Waals surface area contributed by atoms with Gasteiger partial charge in [0.25, 0.3) is 0 Å². The minimum atomic E-state index is -0.277. The van der Waals surface area contributed by atoms with Crippen molar-refractivity contribution in [3.8, 4) is 0 Å². The van der Waals surface area contributed by atoms with Crippen LogP contribution >= 0.6 is 0 Å². The molecular formula is C16H24O4. The predicted octanol–water partition coefficient (Wildman–Crippen LogP) is 2.95. The van der Waals surface area contributed by atoms with Crippen molar-refractivity contribution in [2.75, 3.05) is 13.7 Å². The monoisotopic (exact) mass is 280 g/mol. The van der Waals surface area contributed by atoms with Gasteiger partial charge in [0.1, 0.15) is 6.10 Å². The summed E-state index contributed by atoms with van der Waals surface area (Å²) in [6.07, 6.45) is 0.633. The standard InChI is InChI=1S/C16H24O4/c1-4-16(17)20-13(2)15(10-11-18-3)19-12-14-8-6-5-7-9-14/h5-9,13,15H,4,10-12H2,1-3H3/t13-,15+/m0/s1. The van der Waals surface area contributed by atoms with Gasteiger partial charge in [0.15, 0.2) is 0 Å². The molecule has 0 aromatic heterocycles. The van der Waals surface area contributed by atoms with Crippen LogP contribution in [0.2, 0.25) is 0 Å². The molecule has 0 aliphatic carbocycles. The molecule has 0 radical (unpaired) electrons. The van der Waals surface area contributed by atoms with E-state index in [9.17, 15) is 4.79 Å². The third-order valence-corrected chi connectivity index (χ3v) is 3.04. The molecule has 0 fully saturated rings. The van der Waals surface area contributed by atoms with Gasteiger partial charge in [0.05, 0.1) is 12.7 Å². The topological polar surface area (TPSA) is 44.8 Å². The van der Waals surface area contributed by atoms with E-state index >= 15 is 0 Å². The molecule has 4 nitrogen and oxygen atoms in total. The second kappa shape index (κ2) is 9.50. The van der Waals surface area contributed by atoms with Crippen molar-refractivity contribution >= 4 is 5.97 Å². The largest absolute Gasteiger partial charge is 0.460 e. The molecule has 20 heavy (non-hydrogen) atoms. The highest BCUT2D eigenvalue weighted by atomic mass is 16.6. The Bertz CT molecular complexity index is 377. The maximum absolute atomic E-state index is 11.4.